The highest BCUT2D eigenvalue weighted by atomic mass is 19.4. The maximum absolute atomic E-state index is 13.0. The summed E-state index contributed by atoms with van der Waals surface area (Å²) in [6.07, 6.45) is -1.76. The van der Waals surface area contributed by atoms with Crippen molar-refractivity contribution in [3.8, 4) is 0 Å². The number of pyridine rings is 1. The zero-order valence-corrected chi connectivity index (χ0v) is 13.3. The zero-order chi connectivity index (χ0) is 19.9. The summed E-state index contributed by atoms with van der Waals surface area (Å²) in [6.45, 7) is 2.19. The van der Waals surface area contributed by atoms with Crippen LogP contribution in [0.15, 0.2) is 36.7 Å². The summed E-state index contributed by atoms with van der Waals surface area (Å²) in [6, 6.07) is 4.85. The summed E-state index contributed by atoms with van der Waals surface area (Å²) < 4.78 is 57.5. The van der Waals surface area contributed by atoms with E-state index in [2.05, 4.69) is 10.3 Å². The summed E-state index contributed by atoms with van der Waals surface area (Å²) in [7, 11) is 0. The number of aliphatic carboxylic acids is 1. The highest BCUT2D eigenvalue weighted by Gasteiger charge is 2.38. The highest BCUT2D eigenvalue weighted by molar-refractivity contribution is 5.94. The number of hydrogen-bond acceptors (Lipinski definition) is 3. The van der Waals surface area contributed by atoms with Crippen LogP contribution in [0.2, 0.25) is 0 Å². The molecular formula is C16H13F5N2O3. The number of benzene rings is 1. The Bertz CT molecular complexity index is 794. The number of carbonyl (C=O) groups excluding carboxylic acids is 1. The van der Waals surface area contributed by atoms with Crippen LogP contribution in [-0.2, 0) is 11.3 Å². The van der Waals surface area contributed by atoms with E-state index in [1.54, 1.807) is 18.5 Å². The van der Waals surface area contributed by atoms with Crippen molar-refractivity contribution >= 4 is 11.9 Å². The van der Waals surface area contributed by atoms with Crippen LogP contribution >= 0.6 is 0 Å². The normalized spacial score (nSPS) is 10.5. The molecule has 0 fully saturated rings. The van der Waals surface area contributed by atoms with Gasteiger partial charge in [-0.25, -0.2) is 13.6 Å². The molecule has 1 aromatic heterocycles. The molecule has 140 valence electrons. The number of rotatable bonds is 3. The first-order chi connectivity index (χ1) is 12.0. The number of halogens is 5. The molecule has 0 unspecified atom stereocenters. The third-order valence-electron chi connectivity index (χ3n) is 3.00. The lowest BCUT2D eigenvalue weighted by atomic mass is 10.1. The van der Waals surface area contributed by atoms with E-state index < -0.39 is 29.7 Å². The van der Waals surface area contributed by atoms with Gasteiger partial charge in [0.1, 0.15) is 0 Å². The third-order valence-corrected chi connectivity index (χ3v) is 3.00. The van der Waals surface area contributed by atoms with Crippen LogP contribution in [0, 0.1) is 18.6 Å². The van der Waals surface area contributed by atoms with Crippen LogP contribution in [0.5, 0.6) is 0 Å². The number of alkyl halides is 3. The number of nitrogens with zero attached hydrogens (tertiary/aromatic N) is 1. The van der Waals surface area contributed by atoms with E-state index in [1.165, 1.54) is 6.07 Å². The van der Waals surface area contributed by atoms with Crippen molar-refractivity contribution in [2.24, 2.45) is 0 Å². The largest absolute Gasteiger partial charge is 0.490 e. The van der Waals surface area contributed by atoms with E-state index in [-0.39, 0.29) is 5.56 Å². The average molecular weight is 376 g/mol. The molecule has 0 bridgehead atoms. The molecule has 0 aliphatic carbocycles. The van der Waals surface area contributed by atoms with Crippen molar-refractivity contribution < 1.29 is 36.6 Å². The molecule has 26 heavy (non-hydrogen) atoms. The van der Waals surface area contributed by atoms with Crippen molar-refractivity contribution in [3.63, 3.8) is 0 Å². The Morgan fingerprint density at radius 3 is 2.27 bits per heavy atom. The van der Waals surface area contributed by atoms with Gasteiger partial charge in [-0.15, -0.1) is 0 Å². The highest BCUT2D eigenvalue weighted by Crippen LogP contribution is 2.13. The quantitative estimate of drug-likeness (QED) is 0.807. The SMILES string of the molecule is Cc1cnccc1CNC(=O)c1ccc(F)c(F)c1.O=C(O)C(F)(F)F. The fraction of sp³-hybridized carbons (Fsp3) is 0.188. The maximum Gasteiger partial charge on any atom is 0.490 e. The number of aryl methyl sites for hydroxylation is 1. The molecule has 0 radical (unpaired) electrons. The van der Waals surface area contributed by atoms with Crippen molar-refractivity contribution in [2.75, 3.05) is 0 Å². The lowest BCUT2D eigenvalue weighted by Crippen LogP contribution is -2.23. The van der Waals surface area contributed by atoms with E-state index in [0.717, 1.165) is 23.3 Å². The topological polar surface area (TPSA) is 79.3 Å². The summed E-state index contributed by atoms with van der Waals surface area (Å²) in [5.41, 5.74) is 1.96. The van der Waals surface area contributed by atoms with Gasteiger partial charge in [-0.1, -0.05) is 0 Å². The smallest absolute Gasteiger partial charge is 0.475 e. The summed E-state index contributed by atoms with van der Waals surface area (Å²) in [5.74, 6) is -5.21. The van der Waals surface area contributed by atoms with Gasteiger partial charge in [-0.2, -0.15) is 13.2 Å². The minimum Gasteiger partial charge on any atom is -0.475 e. The van der Waals surface area contributed by atoms with Crippen molar-refractivity contribution in [1.82, 2.24) is 10.3 Å². The lowest BCUT2D eigenvalue weighted by Gasteiger charge is -2.07. The zero-order valence-electron chi connectivity index (χ0n) is 13.3. The minimum atomic E-state index is -5.08. The van der Waals surface area contributed by atoms with Gasteiger partial charge in [0.05, 0.1) is 0 Å². The second-order valence-electron chi connectivity index (χ2n) is 4.92. The number of nitrogens with one attached hydrogen (secondary N) is 1. The number of carboxylic acid groups (broad SMARTS) is 1. The van der Waals surface area contributed by atoms with Crippen LogP contribution in [0.1, 0.15) is 21.5 Å². The van der Waals surface area contributed by atoms with E-state index in [9.17, 15) is 26.7 Å². The van der Waals surface area contributed by atoms with Crippen molar-refractivity contribution in [1.29, 1.82) is 0 Å². The maximum atomic E-state index is 13.0. The van der Waals surface area contributed by atoms with Gasteiger partial charge in [0.15, 0.2) is 11.6 Å². The fourth-order valence-corrected chi connectivity index (χ4v) is 1.62. The summed E-state index contributed by atoms with van der Waals surface area (Å²) in [5, 5.41) is 9.77. The first-order valence-corrected chi connectivity index (χ1v) is 6.95. The molecule has 0 saturated carbocycles. The number of carbonyl (C=O) groups is 2. The number of carboxylic acids is 1. The molecule has 2 aromatic rings. The Morgan fingerprint density at radius 1 is 1.15 bits per heavy atom. The van der Waals surface area contributed by atoms with Gasteiger partial charge in [0.2, 0.25) is 0 Å². The predicted octanol–water partition coefficient (Wildman–Crippen LogP) is 3.23. The van der Waals surface area contributed by atoms with E-state index >= 15 is 0 Å². The number of aromatic nitrogens is 1. The van der Waals surface area contributed by atoms with Crippen LogP contribution in [-0.4, -0.2) is 28.1 Å². The van der Waals surface area contributed by atoms with Gasteiger partial charge in [0.25, 0.3) is 5.91 Å². The third kappa shape index (κ3) is 6.46. The molecule has 0 aliphatic heterocycles. The molecule has 0 spiro atoms. The number of amides is 1. The average Bonchev–Trinajstić information content (AvgIpc) is 2.56. The van der Waals surface area contributed by atoms with Gasteiger partial charge in [-0.05, 0) is 42.3 Å². The molecule has 0 saturated heterocycles. The Kier molecular flexibility index (Phi) is 7.17. The second kappa shape index (κ2) is 8.88. The Labute approximate surface area is 144 Å². The van der Waals surface area contributed by atoms with Gasteiger partial charge < -0.3 is 10.4 Å². The Morgan fingerprint density at radius 2 is 1.77 bits per heavy atom. The number of hydrogen-bond donors (Lipinski definition) is 2. The standard InChI is InChI=1S/C14H12F2N2O.C2HF3O2/c1-9-7-17-5-4-11(9)8-18-14(19)10-2-3-12(15)13(16)6-10;3-2(4,5)1(6)7/h2-7H,8H2,1H3,(H,18,19);(H,6,7). The predicted molar refractivity (Wildman–Crippen MR) is 80.2 cm³/mol. The summed E-state index contributed by atoms with van der Waals surface area (Å²) in [4.78, 5) is 24.6. The molecule has 1 amide bonds. The fourth-order valence-electron chi connectivity index (χ4n) is 1.62. The van der Waals surface area contributed by atoms with E-state index in [1.807, 2.05) is 6.92 Å². The van der Waals surface area contributed by atoms with E-state index in [0.29, 0.717) is 6.54 Å². The van der Waals surface area contributed by atoms with Gasteiger partial charge in [-0.3, -0.25) is 9.78 Å². The van der Waals surface area contributed by atoms with Gasteiger partial charge in [0, 0.05) is 24.5 Å². The molecule has 1 aromatic carbocycles. The molecule has 0 atom stereocenters. The molecule has 1 heterocycles. The molecule has 2 rings (SSSR count). The van der Waals surface area contributed by atoms with Crippen molar-refractivity contribution in [3.05, 3.63) is 65.0 Å². The van der Waals surface area contributed by atoms with Crippen LogP contribution in [0.4, 0.5) is 22.0 Å². The summed E-state index contributed by atoms with van der Waals surface area (Å²) >= 11 is 0. The van der Waals surface area contributed by atoms with Crippen LogP contribution < -0.4 is 5.32 Å². The van der Waals surface area contributed by atoms with Crippen LogP contribution in [0.25, 0.3) is 0 Å². The van der Waals surface area contributed by atoms with Gasteiger partial charge >= 0.3 is 12.1 Å². The second-order valence-corrected chi connectivity index (χ2v) is 4.92. The molecular weight excluding hydrogens is 363 g/mol. The van der Waals surface area contributed by atoms with Crippen molar-refractivity contribution in [2.45, 2.75) is 19.6 Å². The molecule has 0 aliphatic rings. The Hall–Kier alpha value is -3.04. The Balaban J connectivity index is 0.000000412. The first-order valence-electron chi connectivity index (χ1n) is 6.95. The monoisotopic (exact) mass is 376 g/mol. The van der Waals surface area contributed by atoms with Crippen LogP contribution in [0.3, 0.4) is 0 Å². The first kappa shape index (κ1) is 21.0. The molecule has 5 nitrogen and oxygen atoms in total. The molecule has 2 N–H and O–H groups in total. The van der Waals surface area contributed by atoms with E-state index in [4.69, 9.17) is 9.90 Å². The minimum absolute atomic E-state index is 0.0885. The molecule has 10 heteroatoms. The lowest BCUT2D eigenvalue weighted by molar-refractivity contribution is -0.192.